The summed E-state index contributed by atoms with van der Waals surface area (Å²) < 4.78 is 98.0. The maximum absolute atomic E-state index is 13.7. The van der Waals surface area contributed by atoms with E-state index in [0.29, 0.717) is 5.75 Å². The van der Waals surface area contributed by atoms with Crippen molar-refractivity contribution in [3.05, 3.63) is 53.4 Å². The molecule has 10 heteroatoms. The van der Waals surface area contributed by atoms with Crippen LogP contribution in [-0.2, 0) is 10.0 Å². The molecule has 0 amide bonds. The molecule has 4 nitrogen and oxygen atoms in total. The lowest BCUT2D eigenvalue weighted by atomic mass is 10.3. The van der Waals surface area contributed by atoms with Crippen molar-refractivity contribution in [3.8, 4) is 5.75 Å². The maximum atomic E-state index is 13.7. The number of ether oxygens (including phenoxy) is 1. The van der Waals surface area contributed by atoms with Crippen LogP contribution in [0.2, 0.25) is 0 Å². The fourth-order valence-electron chi connectivity index (χ4n) is 2.01. The van der Waals surface area contributed by atoms with E-state index >= 15 is 0 Å². The summed E-state index contributed by atoms with van der Waals surface area (Å²) in [6.45, 7) is 0. The van der Waals surface area contributed by atoms with Gasteiger partial charge in [0.1, 0.15) is 5.75 Å². The van der Waals surface area contributed by atoms with Crippen molar-refractivity contribution in [3.63, 3.8) is 0 Å². The van der Waals surface area contributed by atoms with Crippen molar-refractivity contribution in [2.45, 2.75) is 23.8 Å². The molecule has 25 heavy (non-hydrogen) atoms. The van der Waals surface area contributed by atoms with E-state index in [0.717, 1.165) is 12.8 Å². The Morgan fingerprint density at radius 1 is 0.840 bits per heavy atom. The van der Waals surface area contributed by atoms with E-state index in [9.17, 15) is 30.4 Å². The summed E-state index contributed by atoms with van der Waals surface area (Å²) in [6, 6.07) is 5.30. The largest absolute Gasteiger partial charge is 0.490 e. The Morgan fingerprint density at radius 3 is 1.80 bits per heavy atom. The first kappa shape index (κ1) is 17.5. The molecule has 0 heterocycles. The van der Waals surface area contributed by atoms with Gasteiger partial charge in [-0.15, -0.1) is 0 Å². The molecule has 1 N–H and O–H groups in total. The fraction of sp³-hybridized carbons (Fsp3) is 0.200. The molecular formula is C15H10F5NO3S. The highest BCUT2D eigenvalue weighted by Crippen LogP contribution is 2.30. The van der Waals surface area contributed by atoms with Crippen LogP contribution < -0.4 is 9.46 Å². The normalized spacial score (nSPS) is 14.4. The van der Waals surface area contributed by atoms with Crippen LogP contribution in [0.1, 0.15) is 12.8 Å². The first-order chi connectivity index (χ1) is 11.7. The van der Waals surface area contributed by atoms with Crippen molar-refractivity contribution < 1.29 is 35.1 Å². The second-order valence-corrected chi connectivity index (χ2v) is 6.97. The summed E-state index contributed by atoms with van der Waals surface area (Å²) in [5.74, 6) is -11.5. The van der Waals surface area contributed by atoms with Crippen molar-refractivity contribution >= 4 is 15.7 Å². The van der Waals surface area contributed by atoms with Gasteiger partial charge in [-0.25, -0.2) is 30.4 Å². The van der Waals surface area contributed by atoms with Gasteiger partial charge in [-0.2, -0.15) is 0 Å². The number of sulfonamides is 1. The zero-order chi connectivity index (χ0) is 18.4. The van der Waals surface area contributed by atoms with Gasteiger partial charge in [0.05, 0.1) is 6.10 Å². The van der Waals surface area contributed by atoms with Gasteiger partial charge in [0.2, 0.25) is 5.82 Å². The van der Waals surface area contributed by atoms with Crippen LogP contribution in [0.25, 0.3) is 0 Å². The Hall–Kier alpha value is -2.36. The number of nitrogens with one attached hydrogen (secondary N) is 1. The van der Waals surface area contributed by atoms with Gasteiger partial charge < -0.3 is 4.74 Å². The lowest BCUT2D eigenvalue weighted by molar-refractivity contribution is 0.303. The topological polar surface area (TPSA) is 55.4 Å². The maximum Gasteiger partial charge on any atom is 0.267 e. The Morgan fingerprint density at radius 2 is 1.32 bits per heavy atom. The summed E-state index contributed by atoms with van der Waals surface area (Å²) in [7, 11) is -5.05. The average molecular weight is 379 g/mol. The molecule has 1 saturated carbocycles. The van der Waals surface area contributed by atoms with E-state index in [1.165, 1.54) is 24.3 Å². The van der Waals surface area contributed by atoms with Crippen LogP contribution in [0.3, 0.4) is 0 Å². The van der Waals surface area contributed by atoms with Crippen molar-refractivity contribution in [2.24, 2.45) is 0 Å². The number of hydrogen-bond acceptors (Lipinski definition) is 3. The highest BCUT2D eigenvalue weighted by molar-refractivity contribution is 7.92. The number of anilines is 1. The smallest absolute Gasteiger partial charge is 0.267 e. The summed E-state index contributed by atoms with van der Waals surface area (Å²) in [6.07, 6.45) is 1.93. The molecule has 0 atom stereocenters. The molecule has 134 valence electrons. The monoisotopic (exact) mass is 379 g/mol. The second-order valence-electron chi connectivity index (χ2n) is 5.35. The third-order valence-electron chi connectivity index (χ3n) is 3.37. The molecular weight excluding hydrogens is 369 g/mol. The Bertz CT molecular complexity index is 898. The molecule has 0 aliphatic heterocycles. The van der Waals surface area contributed by atoms with Crippen LogP contribution in [0.15, 0.2) is 29.2 Å². The van der Waals surface area contributed by atoms with E-state index < -0.39 is 44.0 Å². The Balaban J connectivity index is 1.92. The van der Waals surface area contributed by atoms with Gasteiger partial charge in [-0.05, 0) is 37.1 Å². The quantitative estimate of drug-likeness (QED) is 0.489. The predicted molar refractivity (Wildman–Crippen MR) is 77.1 cm³/mol. The first-order valence-electron chi connectivity index (χ1n) is 7.01. The molecule has 0 spiro atoms. The minimum Gasteiger partial charge on any atom is -0.490 e. The third kappa shape index (κ3) is 3.39. The van der Waals surface area contributed by atoms with Crippen molar-refractivity contribution in [1.29, 1.82) is 0 Å². The number of rotatable bonds is 5. The number of hydrogen-bond donors (Lipinski definition) is 1. The van der Waals surface area contributed by atoms with Crippen LogP contribution in [0, 0.1) is 29.1 Å². The van der Waals surface area contributed by atoms with Gasteiger partial charge in [0.15, 0.2) is 28.2 Å². The third-order valence-corrected chi connectivity index (χ3v) is 4.77. The molecule has 1 aliphatic carbocycles. The molecule has 2 aromatic rings. The molecule has 0 unspecified atom stereocenters. The summed E-state index contributed by atoms with van der Waals surface area (Å²) in [5, 5.41) is 0. The van der Waals surface area contributed by atoms with E-state index in [1.807, 2.05) is 0 Å². The minimum absolute atomic E-state index is 0.107. The average Bonchev–Trinajstić information content (AvgIpc) is 3.36. The molecule has 0 saturated heterocycles. The van der Waals surface area contributed by atoms with Gasteiger partial charge in [-0.3, -0.25) is 4.72 Å². The van der Waals surface area contributed by atoms with Crippen LogP contribution >= 0.6 is 0 Å². The Kier molecular flexibility index (Phi) is 4.31. The lowest BCUT2D eigenvalue weighted by Gasteiger charge is -2.12. The lowest BCUT2D eigenvalue weighted by Crippen LogP contribution is -2.19. The molecule has 3 rings (SSSR count). The molecule has 1 fully saturated rings. The van der Waals surface area contributed by atoms with Crippen LogP contribution in [0.5, 0.6) is 5.75 Å². The summed E-state index contributed by atoms with van der Waals surface area (Å²) >= 11 is 0. The zero-order valence-corrected chi connectivity index (χ0v) is 13.1. The summed E-state index contributed by atoms with van der Waals surface area (Å²) in [4.78, 5) is -1.94. The standard InChI is InChI=1S/C15H10F5NO3S/c16-10-11(17)13(19)15(14(20)12(10)18)25(22,23)21-7-1-3-8(4-2-7)24-9-5-6-9/h1-4,9,21H,5-6H2. The highest BCUT2D eigenvalue weighted by Gasteiger charge is 2.33. The highest BCUT2D eigenvalue weighted by atomic mass is 32.2. The molecule has 0 radical (unpaired) electrons. The van der Waals surface area contributed by atoms with Gasteiger partial charge >= 0.3 is 0 Å². The second kappa shape index (κ2) is 6.17. The van der Waals surface area contributed by atoms with E-state index in [2.05, 4.69) is 0 Å². The fourth-order valence-corrected chi connectivity index (χ4v) is 3.21. The van der Waals surface area contributed by atoms with Gasteiger partial charge in [0.25, 0.3) is 10.0 Å². The predicted octanol–water partition coefficient (Wildman–Crippen LogP) is 3.72. The SMILES string of the molecule is O=S(=O)(Nc1ccc(OC2CC2)cc1)c1c(F)c(F)c(F)c(F)c1F. The summed E-state index contributed by atoms with van der Waals surface area (Å²) in [5.41, 5.74) is -0.132. The number of halogens is 5. The number of benzene rings is 2. The first-order valence-corrected chi connectivity index (χ1v) is 8.50. The Labute approximate surface area is 139 Å². The molecule has 2 aromatic carbocycles. The molecule has 1 aliphatic rings. The van der Waals surface area contributed by atoms with Crippen LogP contribution in [0.4, 0.5) is 27.6 Å². The van der Waals surface area contributed by atoms with E-state index in [1.54, 1.807) is 4.72 Å². The zero-order valence-electron chi connectivity index (χ0n) is 12.3. The van der Waals surface area contributed by atoms with Crippen LogP contribution in [-0.4, -0.2) is 14.5 Å². The van der Waals surface area contributed by atoms with Gasteiger partial charge in [-0.1, -0.05) is 0 Å². The van der Waals surface area contributed by atoms with Gasteiger partial charge in [0, 0.05) is 5.69 Å². The minimum atomic E-state index is -5.05. The van der Waals surface area contributed by atoms with E-state index in [4.69, 9.17) is 4.74 Å². The van der Waals surface area contributed by atoms with Crippen molar-refractivity contribution in [1.82, 2.24) is 0 Å². The van der Waals surface area contributed by atoms with Crippen molar-refractivity contribution in [2.75, 3.05) is 4.72 Å². The molecule has 0 aromatic heterocycles. The van der Waals surface area contributed by atoms with E-state index in [-0.39, 0.29) is 11.8 Å². The molecule has 0 bridgehead atoms.